The lowest BCUT2D eigenvalue weighted by Gasteiger charge is -2.13. The summed E-state index contributed by atoms with van der Waals surface area (Å²) in [4.78, 5) is 10.5. The van der Waals surface area contributed by atoms with Gasteiger partial charge in [-0.1, -0.05) is 319 Å². The van der Waals surface area contributed by atoms with Crippen molar-refractivity contribution in [2.75, 3.05) is 0 Å². The molecule has 0 saturated carbocycles. The van der Waals surface area contributed by atoms with Gasteiger partial charge in [0.15, 0.2) is 0 Å². The molecule has 0 bridgehead atoms. The predicted molar refractivity (Wildman–Crippen MR) is 546 cm³/mol. The Kier molecular flexibility index (Phi) is 19.1. The number of nitrogens with zero attached hydrogens (tertiary/aromatic N) is 8. The molecular weight excluding hydrogens is 1650 g/mol. The van der Waals surface area contributed by atoms with Crippen LogP contribution in [0.4, 0.5) is 0 Å². The number of halogens is 1. The Morgan fingerprint density at radius 2 is 0.469 bits per heavy atom. The van der Waals surface area contributed by atoms with Crippen molar-refractivity contribution < 1.29 is 10.0 Å². The average Bonchev–Trinajstić information content (AvgIpc) is 1.55. The third kappa shape index (κ3) is 13.3. The zero-order chi connectivity index (χ0) is 86.4. The van der Waals surface area contributed by atoms with E-state index in [0.29, 0.717) is 5.46 Å². The number of benzene rings is 18. The SMILES string of the molecule is Brc1ccc2c(c1)c1ccccc1n2-c1cc(-c2ccccc2)cc(-c2ccccc2)n1.OB(O)c1ccc2c(c1)c1ccc3c4ccccc4n(-c4ccccc4)c3c1n2-c1ccccc1.c1ccc(-c2cc(-c3ccccc3)nc(-n3c4ccccc4c4cc(-c5ccc6c(c5)c5cc7c(cc5n6-c5ccccc5)c5ccccc5n7-c5ccccc5)ccc43)c2)cc1. The summed E-state index contributed by atoms with van der Waals surface area (Å²) in [6, 6.07) is 163. The molecule has 0 amide bonds. The number of aromatic nitrogens is 8. The molecule has 0 fully saturated rings. The van der Waals surface area contributed by atoms with E-state index in [-0.39, 0.29) is 0 Å². The van der Waals surface area contributed by atoms with Gasteiger partial charge in [0.05, 0.1) is 77.6 Å². The fourth-order valence-corrected chi connectivity index (χ4v) is 20.1. The molecule has 0 saturated heterocycles. The fraction of sp³-hybridized carbons (Fsp3) is 0. The van der Waals surface area contributed by atoms with Crippen molar-refractivity contribution in [1.82, 2.24) is 37.4 Å². The lowest BCUT2D eigenvalue weighted by atomic mass is 9.80. The van der Waals surface area contributed by atoms with Gasteiger partial charge in [-0.25, -0.2) is 9.97 Å². The molecule has 0 radical (unpaired) electrons. The maximum atomic E-state index is 9.88. The summed E-state index contributed by atoms with van der Waals surface area (Å²) in [7, 11) is -1.52. The summed E-state index contributed by atoms with van der Waals surface area (Å²) < 4.78 is 15.2. The van der Waals surface area contributed by atoms with Crippen molar-refractivity contribution in [1.29, 1.82) is 0 Å². The van der Waals surface area contributed by atoms with Crippen LogP contribution in [0.5, 0.6) is 0 Å². The summed E-state index contributed by atoms with van der Waals surface area (Å²) in [6.07, 6.45) is 0. The van der Waals surface area contributed by atoms with E-state index in [9.17, 15) is 10.0 Å². The Bertz CT molecular complexity index is 8760. The van der Waals surface area contributed by atoms with Crippen molar-refractivity contribution in [3.05, 3.63) is 466 Å². The van der Waals surface area contributed by atoms with Crippen molar-refractivity contribution >= 4 is 159 Å². The quantitative estimate of drug-likeness (QED) is 0.119. The van der Waals surface area contributed by atoms with E-state index in [0.717, 1.165) is 133 Å². The molecule has 10 nitrogen and oxygen atoms in total. The Balaban J connectivity index is 0.000000118. The van der Waals surface area contributed by atoms with Crippen molar-refractivity contribution in [3.63, 3.8) is 0 Å². The molecule has 0 aliphatic heterocycles. The van der Waals surface area contributed by atoms with Gasteiger partial charge in [0.25, 0.3) is 0 Å². The van der Waals surface area contributed by atoms with E-state index < -0.39 is 7.12 Å². The lowest BCUT2D eigenvalue weighted by Crippen LogP contribution is -2.29. The number of hydrogen-bond acceptors (Lipinski definition) is 4. The van der Waals surface area contributed by atoms with E-state index in [1.54, 1.807) is 6.07 Å². The third-order valence-corrected chi connectivity index (χ3v) is 26.1. The van der Waals surface area contributed by atoms with Gasteiger partial charge in [0.2, 0.25) is 0 Å². The predicted octanol–water partition coefficient (Wildman–Crippen LogP) is 29.2. The first-order chi connectivity index (χ1) is 64.2. The summed E-state index contributed by atoms with van der Waals surface area (Å²) in [5, 5.41) is 33.9. The van der Waals surface area contributed by atoms with Gasteiger partial charge in [-0.2, -0.15) is 0 Å². The second-order valence-corrected chi connectivity index (χ2v) is 34.0. The standard InChI is InChI=1S/C59H38N4.C30H21BN2O2.C29H19BrN2/c1-5-17-39(18-6-1)43-35-52(40-19-7-2-8-20-40)60-59(36-43)63-54-28-16-14-25-46(54)48-33-41(30-32-56(48)63)42-29-31-55-49(34-42)51-38-57-50(37-58(51)62(55)45-23-11-4-12-24-45)47-26-13-15-27-53(47)61(57)44-21-9-3-10-22-44;34-31(35)20-15-18-28-26(19-20)25-17-16-24-23-13-7-8-14-27(23)32(21-9-3-1-4-10-21)29(24)30(25)33(28)22-11-5-2-6-12-22;30-23-15-16-28-25(19-23)24-13-7-8-14-27(24)32(28)29-18-22(20-9-3-1-4-10-20)17-26(31-29)21-11-5-2-6-12-21/h1-38H;1-19,34-35H;1-19H. The second kappa shape index (κ2) is 32.2. The van der Waals surface area contributed by atoms with Gasteiger partial charge in [-0.15, -0.1) is 0 Å². The Hall–Kier alpha value is -16.5. The van der Waals surface area contributed by atoms with Gasteiger partial charge in [-0.3, -0.25) is 9.13 Å². The molecule has 0 aliphatic rings. The molecule has 18 aromatic carbocycles. The smallest absolute Gasteiger partial charge is 0.423 e. The molecular formula is C118H78BBrN8O2. The van der Waals surface area contributed by atoms with E-state index >= 15 is 0 Å². The number of pyridine rings is 2. The first-order valence-electron chi connectivity index (χ1n) is 43.8. The fourth-order valence-electron chi connectivity index (χ4n) is 19.8. The highest BCUT2D eigenvalue weighted by molar-refractivity contribution is 9.10. The topological polar surface area (TPSA) is 95.8 Å². The Morgan fingerprint density at radius 1 is 0.185 bits per heavy atom. The lowest BCUT2D eigenvalue weighted by molar-refractivity contribution is 0.426. The minimum absolute atomic E-state index is 0.480. The van der Waals surface area contributed by atoms with Crippen molar-refractivity contribution in [3.8, 4) is 90.3 Å². The summed E-state index contributed by atoms with van der Waals surface area (Å²) in [5.74, 6) is 1.81. The average molecular weight is 1730 g/mol. The Morgan fingerprint density at radius 3 is 0.892 bits per heavy atom. The monoisotopic (exact) mass is 1730 g/mol. The summed E-state index contributed by atoms with van der Waals surface area (Å²) >= 11 is 3.64. The van der Waals surface area contributed by atoms with E-state index in [2.05, 4.69) is 456 Å². The first-order valence-corrected chi connectivity index (χ1v) is 44.6. The highest BCUT2D eigenvalue weighted by atomic mass is 79.9. The highest BCUT2D eigenvalue weighted by Crippen LogP contribution is 2.46. The number of hydrogen-bond donors (Lipinski definition) is 2. The zero-order valence-electron chi connectivity index (χ0n) is 70.3. The number of rotatable bonds is 12. The van der Waals surface area contributed by atoms with E-state index in [1.165, 1.54) is 92.6 Å². The molecule has 8 heterocycles. The van der Waals surface area contributed by atoms with Crippen LogP contribution in [0.25, 0.3) is 221 Å². The zero-order valence-corrected chi connectivity index (χ0v) is 71.9. The van der Waals surface area contributed by atoms with Crippen LogP contribution in [0.1, 0.15) is 0 Å². The van der Waals surface area contributed by atoms with Crippen LogP contribution in [-0.4, -0.2) is 54.5 Å². The van der Waals surface area contributed by atoms with Crippen LogP contribution in [0.2, 0.25) is 0 Å². The van der Waals surface area contributed by atoms with Gasteiger partial charge in [0.1, 0.15) is 11.6 Å². The third-order valence-electron chi connectivity index (χ3n) is 25.6. The Labute approximate surface area is 757 Å². The van der Waals surface area contributed by atoms with Gasteiger partial charge in [-0.05, 0) is 197 Å². The minimum Gasteiger partial charge on any atom is -0.423 e. The first kappa shape index (κ1) is 77.1. The molecule has 612 valence electrons. The van der Waals surface area contributed by atoms with Crippen molar-refractivity contribution in [2.24, 2.45) is 0 Å². The molecule has 12 heteroatoms. The number of fused-ring (bicyclic) bond motifs is 19. The van der Waals surface area contributed by atoms with Gasteiger partial charge >= 0.3 is 7.12 Å². The maximum Gasteiger partial charge on any atom is 0.488 e. The van der Waals surface area contributed by atoms with Crippen molar-refractivity contribution in [2.45, 2.75) is 0 Å². The molecule has 0 unspecified atom stereocenters. The van der Waals surface area contributed by atoms with E-state index in [1.807, 2.05) is 42.5 Å². The molecule has 0 aliphatic carbocycles. The highest BCUT2D eigenvalue weighted by Gasteiger charge is 2.26. The van der Waals surface area contributed by atoms with Crippen LogP contribution >= 0.6 is 15.9 Å². The summed E-state index contributed by atoms with van der Waals surface area (Å²) in [6.45, 7) is 0. The largest absolute Gasteiger partial charge is 0.488 e. The van der Waals surface area contributed by atoms with Crippen LogP contribution in [0, 0.1) is 0 Å². The van der Waals surface area contributed by atoms with Crippen LogP contribution < -0.4 is 5.46 Å². The number of para-hydroxylation sites is 8. The van der Waals surface area contributed by atoms with E-state index in [4.69, 9.17) is 9.97 Å². The van der Waals surface area contributed by atoms with Gasteiger partial charge in [0, 0.05) is 103 Å². The molecule has 0 spiro atoms. The second-order valence-electron chi connectivity index (χ2n) is 33.1. The minimum atomic E-state index is -1.52. The molecule has 0 atom stereocenters. The van der Waals surface area contributed by atoms with Gasteiger partial charge < -0.3 is 28.3 Å². The molecule has 26 aromatic rings. The molecule has 2 N–H and O–H groups in total. The molecule has 130 heavy (non-hydrogen) atoms. The normalized spacial score (nSPS) is 11.7. The van der Waals surface area contributed by atoms with Crippen LogP contribution in [-0.2, 0) is 0 Å². The maximum absolute atomic E-state index is 9.88. The molecule has 26 rings (SSSR count). The van der Waals surface area contributed by atoms with Crippen LogP contribution in [0.3, 0.4) is 0 Å². The molecule has 8 aromatic heterocycles. The summed E-state index contributed by atoms with van der Waals surface area (Å²) in [5.41, 5.74) is 29.7. The van der Waals surface area contributed by atoms with Crippen LogP contribution in [0.15, 0.2) is 466 Å².